The van der Waals surface area contributed by atoms with E-state index < -0.39 is 47.6 Å². The fraction of sp³-hybridized carbons (Fsp3) is 0.532. The van der Waals surface area contributed by atoms with Gasteiger partial charge in [-0.05, 0) is 188 Å². The van der Waals surface area contributed by atoms with Gasteiger partial charge in [0, 0.05) is 78.2 Å². The number of thiazole rings is 1. The second-order valence-corrected chi connectivity index (χ2v) is 32.6. The lowest BCUT2D eigenvalue weighted by molar-refractivity contribution is -0.930. The van der Waals surface area contributed by atoms with Crippen LogP contribution in [0.2, 0.25) is 0 Å². The number of primary amides is 1. The van der Waals surface area contributed by atoms with Gasteiger partial charge in [-0.3, -0.25) is 14.3 Å². The number of hydrogen-bond donors (Lipinski definition) is 7. The molecule has 4 aromatic heterocycles. The average molecular weight is 1410 g/mol. The summed E-state index contributed by atoms with van der Waals surface area (Å²) in [6.45, 7) is 24.5. The van der Waals surface area contributed by atoms with Crippen molar-refractivity contribution in [2.75, 3.05) is 69.0 Å². The standard InChI is InChI=1S/C77H101N15O9S/c1-48(2)63(86-72(97)101-73(5,6)7)68(94)83-60(20-16-30-80-70(78)96)67(93)82-54-25-24-52(53(36-54)37-79-10)39-92(32-14-15-33-92)34-35-100-77-44-74(8)41-75(9,45-77)43-76(42-74,46-77)47-91-50(4)58(38-81-91)57-28-29-62(85-64(57)69(95)99-40-51-22-26-55(98-11)27-23-51)90-31-17-18-56-49(3)65(88-89-66(56)90)87-71-84-59-19-12-13-21-61(59)102-71/h12-13,19,21-29,36,38,48,60,63,79H,14-18,20,30-35,37,39-47H2,1-11H3,(H6-,78,80,82,83,84,86,87,88,93,94,96,97)/p+1/t60-,63-,74-,75+,76?,77?/m0/s1. The molecule has 7 aromatic rings. The molecule has 24 nitrogen and oxygen atoms in total. The number of methoxy groups -OCH3 is 1. The third-order valence-corrected chi connectivity index (χ3v) is 22.3. The van der Waals surface area contributed by atoms with Crippen LogP contribution in [0.1, 0.15) is 163 Å². The Morgan fingerprint density at radius 1 is 0.833 bits per heavy atom. The molecule has 2 unspecified atom stereocenters. The Hall–Kier alpha value is -8.78. The Labute approximate surface area is 602 Å². The Balaban J connectivity index is 0.750. The summed E-state index contributed by atoms with van der Waals surface area (Å²) in [5.41, 5.74) is 13.6. The number of pyridine rings is 1. The van der Waals surface area contributed by atoms with Gasteiger partial charge in [-0.25, -0.2) is 24.4 Å². The second-order valence-electron chi connectivity index (χ2n) is 31.6. The van der Waals surface area contributed by atoms with E-state index in [1.165, 1.54) is 5.56 Å². The predicted molar refractivity (Wildman–Crippen MR) is 395 cm³/mol. The Morgan fingerprint density at radius 3 is 2.29 bits per heavy atom. The highest BCUT2D eigenvalue weighted by molar-refractivity contribution is 7.22. The molecule has 5 amide bonds. The molecule has 3 aromatic carbocycles. The number of fused-ring (bicyclic) bond motifs is 2. The van der Waals surface area contributed by atoms with Crippen molar-refractivity contribution in [3.8, 4) is 16.9 Å². The van der Waals surface area contributed by atoms with E-state index in [-0.39, 0.29) is 53.0 Å². The number of nitrogens with two attached hydrogens (primary N) is 1. The van der Waals surface area contributed by atoms with Gasteiger partial charge in [0.05, 0.1) is 48.8 Å². The number of quaternary nitrogens is 1. The van der Waals surface area contributed by atoms with Crippen LogP contribution < -0.4 is 47.3 Å². The summed E-state index contributed by atoms with van der Waals surface area (Å²) in [4.78, 5) is 79.3. The van der Waals surface area contributed by atoms with Gasteiger partial charge < -0.3 is 66.0 Å². The largest absolute Gasteiger partial charge is 0.497 e. The summed E-state index contributed by atoms with van der Waals surface area (Å²) < 4.78 is 28.7. The first kappa shape index (κ1) is 73.0. The van der Waals surface area contributed by atoms with Crippen LogP contribution in [0.25, 0.3) is 21.3 Å². The minimum absolute atomic E-state index is 0.0435. The number of nitrogens with one attached hydrogen (secondary N) is 6. The number of amides is 5. The monoisotopic (exact) mass is 1410 g/mol. The molecule has 4 saturated carbocycles. The molecule has 4 aliphatic carbocycles. The average Bonchev–Trinajstić information content (AvgIpc) is 0.895. The molecular formula is C77H102N15O9S+. The highest BCUT2D eigenvalue weighted by Gasteiger charge is 2.66. The molecule has 0 spiro atoms. The number of nitrogens with zero attached hydrogens (tertiary/aromatic N) is 8. The number of aromatic nitrogens is 6. The lowest BCUT2D eigenvalue weighted by Crippen LogP contribution is -2.64. The van der Waals surface area contributed by atoms with E-state index in [0.29, 0.717) is 60.6 Å². The van der Waals surface area contributed by atoms with Crippen LogP contribution in [0, 0.1) is 36.0 Å². The van der Waals surface area contributed by atoms with E-state index in [4.69, 9.17) is 49.9 Å². The highest BCUT2D eigenvalue weighted by Crippen LogP contribution is 2.72. The summed E-state index contributed by atoms with van der Waals surface area (Å²) in [5, 5.41) is 33.5. The van der Waals surface area contributed by atoms with Crippen LogP contribution >= 0.6 is 11.3 Å². The number of urea groups is 1. The number of hydrogen-bond acceptors (Lipinski definition) is 18. The van der Waals surface area contributed by atoms with Crippen LogP contribution in [0.5, 0.6) is 5.75 Å². The fourth-order valence-corrected chi connectivity index (χ4v) is 18.8. The number of rotatable bonds is 28. The van der Waals surface area contributed by atoms with E-state index in [2.05, 4.69) is 81.3 Å². The van der Waals surface area contributed by atoms with Crippen molar-refractivity contribution in [1.29, 1.82) is 0 Å². The molecule has 25 heteroatoms. The zero-order valence-corrected chi connectivity index (χ0v) is 61.9. The third-order valence-electron chi connectivity index (χ3n) is 21.4. The van der Waals surface area contributed by atoms with Gasteiger partial charge in [-0.15, -0.1) is 10.2 Å². The number of carbonyl (C=O) groups is 5. The maximum absolute atomic E-state index is 14.7. The molecule has 102 heavy (non-hydrogen) atoms. The van der Waals surface area contributed by atoms with Gasteiger partial charge in [0.1, 0.15) is 48.9 Å². The summed E-state index contributed by atoms with van der Waals surface area (Å²) in [7, 11) is 3.54. The van der Waals surface area contributed by atoms with Crippen molar-refractivity contribution in [1.82, 2.24) is 51.2 Å². The maximum Gasteiger partial charge on any atom is 0.408 e. The molecule has 8 N–H and O–H groups in total. The summed E-state index contributed by atoms with van der Waals surface area (Å²) in [6.07, 6.45) is 11.9. The minimum atomic E-state index is -1.00. The van der Waals surface area contributed by atoms with E-state index in [1.807, 2.05) is 80.0 Å². The first-order valence-corrected chi connectivity index (χ1v) is 37.0. The number of ether oxygens (including phenoxy) is 4. The number of alkyl carbamates (subject to hydrolysis) is 1. The summed E-state index contributed by atoms with van der Waals surface area (Å²) in [5.74, 6) is 0.805. The Morgan fingerprint density at radius 2 is 1.59 bits per heavy atom. The molecule has 4 bridgehead atoms. The van der Waals surface area contributed by atoms with Crippen molar-refractivity contribution in [3.05, 3.63) is 124 Å². The molecule has 6 aliphatic rings. The van der Waals surface area contributed by atoms with E-state index in [1.54, 1.807) is 53.1 Å². The van der Waals surface area contributed by atoms with Gasteiger partial charge in [0.25, 0.3) is 0 Å². The van der Waals surface area contributed by atoms with Crippen molar-refractivity contribution >= 4 is 79.7 Å². The van der Waals surface area contributed by atoms with Crippen molar-refractivity contribution in [3.63, 3.8) is 0 Å². The minimum Gasteiger partial charge on any atom is -0.497 e. The molecule has 1 saturated heterocycles. The predicted octanol–water partition coefficient (Wildman–Crippen LogP) is 12.2. The summed E-state index contributed by atoms with van der Waals surface area (Å²) in [6, 6.07) is 22.9. The smallest absolute Gasteiger partial charge is 0.408 e. The lowest BCUT2D eigenvalue weighted by Gasteiger charge is -2.69. The molecule has 6 atom stereocenters. The number of para-hydroxylation sites is 1. The first-order valence-electron chi connectivity index (χ1n) is 36.1. The van der Waals surface area contributed by atoms with Crippen LogP contribution in [0.15, 0.2) is 85.1 Å². The molecular weight excluding hydrogens is 1310 g/mol. The molecule has 6 heterocycles. The Bertz CT molecular complexity index is 4190. The van der Waals surface area contributed by atoms with E-state index >= 15 is 0 Å². The zero-order valence-electron chi connectivity index (χ0n) is 61.1. The number of esters is 1. The van der Waals surface area contributed by atoms with E-state index in [0.717, 1.165) is 150 Å². The highest BCUT2D eigenvalue weighted by atomic mass is 32.1. The molecule has 13 rings (SSSR count). The van der Waals surface area contributed by atoms with Crippen LogP contribution in [0.3, 0.4) is 0 Å². The lowest BCUT2D eigenvalue weighted by atomic mass is 9.39. The zero-order chi connectivity index (χ0) is 72.4. The number of likely N-dealkylation sites (tertiary alicyclic amines) is 1. The molecule has 5 fully saturated rings. The molecule has 0 radical (unpaired) electrons. The van der Waals surface area contributed by atoms with Gasteiger partial charge in [0.15, 0.2) is 22.5 Å². The van der Waals surface area contributed by atoms with Gasteiger partial charge in [-0.2, -0.15) is 5.10 Å². The number of benzene rings is 3. The van der Waals surface area contributed by atoms with Crippen LogP contribution in [-0.2, 0) is 56.5 Å². The van der Waals surface area contributed by atoms with Crippen LogP contribution in [-0.4, -0.2) is 141 Å². The SMILES string of the molecule is CNCc1cc(NC(=O)[C@H](CCCNC(N)=O)NC(=O)[C@@H](NC(=O)OC(C)(C)C)C(C)C)ccc1C[N+]1(CCOC23CC4(Cn5ncc(-c6ccc(N7CCCc8c7nnc(Nc7nc9ccccc9s7)c8C)nc6C(=O)OCc6ccc(OC)cc6)c5C)C[C@@](C)(C2)C[C@](C)(C4)C3)CCCC1. The van der Waals surface area contributed by atoms with Crippen molar-refractivity contribution < 1.29 is 47.4 Å². The number of carbonyl (C=O) groups excluding carboxylic acids is 5. The quantitative estimate of drug-likeness (QED) is 0.0136. The number of anilines is 5. The van der Waals surface area contributed by atoms with Gasteiger partial charge in [-0.1, -0.05) is 69.4 Å². The fourth-order valence-electron chi connectivity index (χ4n) is 17.9. The third kappa shape index (κ3) is 16.6. The molecule has 544 valence electrons. The Kier molecular flexibility index (Phi) is 21.4. The summed E-state index contributed by atoms with van der Waals surface area (Å²) >= 11 is 1.57. The van der Waals surface area contributed by atoms with Crippen LogP contribution in [0.4, 0.5) is 37.9 Å². The first-order chi connectivity index (χ1) is 48.6. The van der Waals surface area contributed by atoms with Gasteiger partial charge >= 0.3 is 18.1 Å². The normalized spacial score (nSPS) is 21.7. The second kappa shape index (κ2) is 29.9. The van der Waals surface area contributed by atoms with Crippen molar-refractivity contribution in [2.45, 2.75) is 189 Å². The molecule has 2 aliphatic heterocycles. The van der Waals surface area contributed by atoms with Crippen molar-refractivity contribution in [2.24, 2.45) is 27.9 Å². The van der Waals surface area contributed by atoms with Gasteiger partial charge in [0.2, 0.25) is 11.8 Å². The van der Waals surface area contributed by atoms with E-state index in [9.17, 15) is 24.0 Å². The maximum atomic E-state index is 14.7. The topological polar surface area (TPSA) is 293 Å².